The fraction of sp³-hybridized carbons (Fsp3) is 0.818. The van der Waals surface area contributed by atoms with Crippen LogP contribution in [0.1, 0.15) is 45.4 Å². The second-order valence-corrected chi connectivity index (χ2v) is 4.00. The first-order chi connectivity index (χ1) is 6.70. The van der Waals surface area contributed by atoms with Crippen molar-refractivity contribution < 1.29 is 9.59 Å². The molecular formula is C11H19NO2. The molecule has 0 aromatic rings. The number of carbonyl (C=O) groups excluding carboxylic acids is 2. The highest BCUT2D eigenvalue weighted by atomic mass is 16.2. The summed E-state index contributed by atoms with van der Waals surface area (Å²) in [6.07, 6.45) is 5.32. The second-order valence-electron chi connectivity index (χ2n) is 4.00. The largest absolute Gasteiger partial charge is 0.343 e. The van der Waals surface area contributed by atoms with Crippen molar-refractivity contribution in [2.24, 2.45) is 0 Å². The molecule has 14 heavy (non-hydrogen) atoms. The van der Waals surface area contributed by atoms with Crippen molar-refractivity contribution in [3.63, 3.8) is 0 Å². The summed E-state index contributed by atoms with van der Waals surface area (Å²) < 4.78 is 0. The quantitative estimate of drug-likeness (QED) is 0.688. The Kier molecular flexibility index (Phi) is 4.63. The van der Waals surface area contributed by atoms with Gasteiger partial charge in [0.25, 0.3) is 0 Å². The molecule has 1 amide bonds. The Bertz CT molecular complexity index is 207. The lowest BCUT2D eigenvalue weighted by Crippen LogP contribution is -2.35. The van der Waals surface area contributed by atoms with Crippen LogP contribution < -0.4 is 0 Å². The molecule has 0 spiro atoms. The van der Waals surface area contributed by atoms with E-state index >= 15 is 0 Å². The van der Waals surface area contributed by atoms with E-state index in [0.29, 0.717) is 19.3 Å². The Morgan fingerprint density at radius 2 is 1.71 bits per heavy atom. The van der Waals surface area contributed by atoms with Crippen LogP contribution in [0.25, 0.3) is 0 Å². The maximum Gasteiger partial charge on any atom is 0.222 e. The molecule has 0 aromatic heterocycles. The zero-order valence-electron chi connectivity index (χ0n) is 8.92. The van der Waals surface area contributed by atoms with Crippen LogP contribution >= 0.6 is 0 Å². The Labute approximate surface area is 85.5 Å². The van der Waals surface area contributed by atoms with Crippen LogP contribution in [0, 0.1) is 0 Å². The Morgan fingerprint density at radius 1 is 1.07 bits per heavy atom. The van der Waals surface area contributed by atoms with Crippen molar-refractivity contribution in [1.29, 1.82) is 0 Å². The third kappa shape index (κ3) is 3.90. The number of Topliss-reactive ketones (excluding diaryl/α,β-unsaturated/α-hetero) is 1. The summed E-state index contributed by atoms with van der Waals surface area (Å²) in [5.41, 5.74) is 0. The highest BCUT2D eigenvalue weighted by Gasteiger charge is 2.15. The molecule has 3 nitrogen and oxygen atoms in total. The van der Waals surface area contributed by atoms with Crippen LogP contribution in [0.4, 0.5) is 0 Å². The number of piperidine rings is 1. The van der Waals surface area contributed by atoms with E-state index in [-0.39, 0.29) is 11.7 Å². The van der Waals surface area contributed by atoms with Crippen LogP contribution in [0.3, 0.4) is 0 Å². The average molecular weight is 197 g/mol. The third-order valence-electron chi connectivity index (χ3n) is 2.63. The van der Waals surface area contributed by atoms with Crippen molar-refractivity contribution >= 4 is 11.7 Å². The van der Waals surface area contributed by atoms with Gasteiger partial charge >= 0.3 is 0 Å². The lowest BCUT2D eigenvalue weighted by Gasteiger charge is -2.26. The van der Waals surface area contributed by atoms with Gasteiger partial charge in [-0.25, -0.2) is 0 Å². The lowest BCUT2D eigenvalue weighted by molar-refractivity contribution is -0.132. The first kappa shape index (κ1) is 11.2. The van der Waals surface area contributed by atoms with E-state index < -0.39 is 0 Å². The predicted octanol–water partition coefficient (Wildman–Crippen LogP) is 1.76. The number of nitrogens with zero attached hydrogens (tertiary/aromatic N) is 1. The zero-order valence-corrected chi connectivity index (χ0v) is 8.92. The molecule has 0 atom stereocenters. The van der Waals surface area contributed by atoms with Crippen LogP contribution in [0.5, 0.6) is 0 Å². The predicted molar refractivity (Wildman–Crippen MR) is 55.0 cm³/mol. The molecule has 0 radical (unpaired) electrons. The molecule has 0 unspecified atom stereocenters. The van der Waals surface area contributed by atoms with Gasteiger partial charge in [0.05, 0.1) is 0 Å². The van der Waals surface area contributed by atoms with Crippen molar-refractivity contribution in [3.05, 3.63) is 0 Å². The number of rotatable bonds is 4. The maximum absolute atomic E-state index is 11.6. The smallest absolute Gasteiger partial charge is 0.222 e. The molecule has 0 aliphatic carbocycles. The van der Waals surface area contributed by atoms with Crippen LogP contribution in [-0.2, 0) is 9.59 Å². The van der Waals surface area contributed by atoms with E-state index in [2.05, 4.69) is 0 Å². The lowest BCUT2D eigenvalue weighted by atomic mass is 10.1. The minimum Gasteiger partial charge on any atom is -0.343 e. The first-order valence-corrected chi connectivity index (χ1v) is 5.47. The summed E-state index contributed by atoms with van der Waals surface area (Å²) in [5.74, 6) is 0.405. The highest BCUT2D eigenvalue weighted by molar-refractivity contribution is 5.78. The highest BCUT2D eigenvalue weighted by Crippen LogP contribution is 2.11. The normalized spacial score (nSPS) is 16.8. The van der Waals surface area contributed by atoms with Gasteiger partial charge in [0, 0.05) is 25.9 Å². The summed E-state index contributed by atoms with van der Waals surface area (Å²) in [6.45, 7) is 3.41. The SMILES string of the molecule is CC(=O)CCCC(=O)N1CCCCC1. The van der Waals surface area contributed by atoms with Crippen molar-refractivity contribution in [3.8, 4) is 0 Å². The van der Waals surface area contributed by atoms with Gasteiger partial charge in [0.15, 0.2) is 0 Å². The van der Waals surface area contributed by atoms with E-state index in [4.69, 9.17) is 0 Å². The molecule has 1 aliphatic heterocycles. The molecule has 1 heterocycles. The van der Waals surface area contributed by atoms with Gasteiger partial charge in [-0.15, -0.1) is 0 Å². The summed E-state index contributed by atoms with van der Waals surface area (Å²) in [4.78, 5) is 24.2. The molecule has 80 valence electrons. The third-order valence-corrected chi connectivity index (χ3v) is 2.63. The van der Waals surface area contributed by atoms with Crippen LogP contribution in [0.15, 0.2) is 0 Å². The van der Waals surface area contributed by atoms with E-state index in [1.807, 2.05) is 4.90 Å². The van der Waals surface area contributed by atoms with Crippen molar-refractivity contribution in [1.82, 2.24) is 4.90 Å². The molecule has 1 aliphatic rings. The van der Waals surface area contributed by atoms with Gasteiger partial charge in [-0.3, -0.25) is 4.79 Å². The monoisotopic (exact) mass is 197 g/mol. The van der Waals surface area contributed by atoms with Crippen molar-refractivity contribution in [2.45, 2.75) is 45.4 Å². The molecule has 1 saturated heterocycles. The minimum atomic E-state index is 0.177. The molecule has 0 aromatic carbocycles. The average Bonchev–Trinajstić information content (AvgIpc) is 2.18. The number of ketones is 1. The van der Waals surface area contributed by atoms with Gasteiger partial charge < -0.3 is 9.69 Å². The molecule has 1 rings (SSSR count). The summed E-state index contributed by atoms with van der Waals surface area (Å²) in [7, 11) is 0. The second kappa shape index (κ2) is 5.78. The number of hydrogen-bond acceptors (Lipinski definition) is 2. The van der Waals surface area contributed by atoms with E-state index in [1.165, 1.54) is 6.42 Å². The number of hydrogen-bond donors (Lipinski definition) is 0. The topological polar surface area (TPSA) is 37.4 Å². The minimum absolute atomic E-state index is 0.177. The summed E-state index contributed by atoms with van der Waals surface area (Å²) in [5, 5.41) is 0. The van der Waals surface area contributed by atoms with Gasteiger partial charge in [0.2, 0.25) is 5.91 Å². The number of likely N-dealkylation sites (tertiary alicyclic amines) is 1. The molecule has 3 heteroatoms. The molecule has 0 bridgehead atoms. The fourth-order valence-corrected chi connectivity index (χ4v) is 1.79. The number of carbonyl (C=O) groups is 2. The molecule has 0 N–H and O–H groups in total. The zero-order chi connectivity index (χ0) is 10.4. The van der Waals surface area contributed by atoms with Gasteiger partial charge in [-0.1, -0.05) is 0 Å². The molecule has 0 saturated carbocycles. The van der Waals surface area contributed by atoms with Gasteiger partial charge in [0.1, 0.15) is 5.78 Å². The number of amides is 1. The Morgan fingerprint density at radius 3 is 2.29 bits per heavy atom. The summed E-state index contributed by atoms with van der Waals surface area (Å²) >= 11 is 0. The van der Waals surface area contributed by atoms with E-state index in [9.17, 15) is 9.59 Å². The Balaban J connectivity index is 2.16. The van der Waals surface area contributed by atoms with Crippen LogP contribution in [0.2, 0.25) is 0 Å². The summed E-state index contributed by atoms with van der Waals surface area (Å²) in [6, 6.07) is 0. The maximum atomic E-state index is 11.6. The van der Waals surface area contributed by atoms with Gasteiger partial charge in [-0.05, 0) is 32.6 Å². The fourth-order valence-electron chi connectivity index (χ4n) is 1.79. The van der Waals surface area contributed by atoms with E-state index in [1.54, 1.807) is 6.92 Å². The van der Waals surface area contributed by atoms with Crippen LogP contribution in [-0.4, -0.2) is 29.7 Å². The van der Waals surface area contributed by atoms with Gasteiger partial charge in [-0.2, -0.15) is 0 Å². The standard InChI is InChI=1S/C11H19NO2/c1-10(13)6-5-7-11(14)12-8-3-2-4-9-12/h2-9H2,1H3. The molecular weight excluding hydrogens is 178 g/mol. The Hall–Kier alpha value is -0.860. The molecule has 1 fully saturated rings. The van der Waals surface area contributed by atoms with E-state index in [0.717, 1.165) is 25.9 Å². The first-order valence-electron chi connectivity index (χ1n) is 5.47. The van der Waals surface area contributed by atoms with Crippen molar-refractivity contribution in [2.75, 3.05) is 13.1 Å².